The quantitative estimate of drug-likeness (QED) is 0.480. The van der Waals surface area contributed by atoms with Crippen molar-refractivity contribution in [3.8, 4) is 6.07 Å². The summed E-state index contributed by atoms with van der Waals surface area (Å²) in [6.07, 6.45) is 0.966. The number of fused-ring (bicyclic) bond motifs is 1. The van der Waals surface area contributed by atoms with E-state index >= 15 is 0 Å². The van der Waals surface area contributed by atoms with E-state index in [2.05, 4.69) is 48.3 Å². The number of morpholine rings is 1. The molecule has 4 atom stereocenters. The molecule has 0 saturated carbocycles. The summed E-state index contributed by atoms with van der Waals surface area (Å²) in [5.74, 6) is 1.37. The van der Waals surface area contributed by atoms with Gasteiger partial charge in [0.25, 0.3) is 0 Å². The van der Waals surface area contributed by atoms with Gasteiger partial charge in [-0.1, -0.05) is 0 Å². The number of ether oxygens (including phenoxy) is 1. The molecule has 40 heavy (non-hydrogen) atoms. The molecule has 0 unspecified atom stereocenters. The highest BCUT2D eigenvalue weighted by Crippen LogP contribution is 2.30. The predicted octanol–water partition coefficient (Wildman–Crippen LogP) is 2.34. The number of pyridine rings is 1. The number of nitriles is 1. The standard InChI is InChI=1S/C29H36FN9O/c1-19-12-27(36-29(34-19)35-25-15-32-14-24(25)30)38-10-8-37(9-11-38)17-22-18-39(16-20(2)40-22)26-6-5-21(13-31)28-23(26)4-3-7-33-28/h3-7,12,20,22,24-25,32H,8-11,14-18H2,1-2H3,(H,34,35,36)/t20-,22+,24-,25-/m1/s1. The van der Waals surface area contributed by atoms with Crippen LogP contribution in [0.1, 0.15) is 18.2 Å². The van der Waals surface area contributed by atoms with Crippen molar-refractivity contribution < 1.29 is 9.13 Å². The third-order valence-corrected chi connectivity index (χ3v) is 7.99. The maximum Gasteiger partial charge on any atom is 0.225 e. The molecular weight excluding hydrogens is 509 g/mol. The number of nitrogens with zero attached hydrogens (tertiary/aromatic N) is 7. The lowest BCUT2D eigenvalue weighted by Gasteiger charge is -2.42. The normalized spacial score (nSPS) is 25.8. The molecule has 0 amide bonds. The van der Waals surface area contributed by atoms with Gasteiger partial charge in [0.2, 0.25) is 5.95 Å². The van der Waals surface area contributed by atoms with Gasteiger partial charge >= 0.3 is 0 Å². The van der Waals surface area contributed by atoms with Gasteiger partial charge in [0.05, 0.1) is 29.3 Å². The molecule has 3 aromatic rings. The Hall–Kier alpha value is -3.59. The van der Waals surface area contributed by atoms with Crippen molar-refractivity contribution >= 4 is 28.4 Å². The average Bonchev–Trinajstić information content (AvgIpc) is 3.36. The smallest absolute Gasteiger partial charge is 0.225 e. The minimum Gasteiger partial charge on any atom is -0.370 e. The molecular formula is C29H36FN9O. The summed E-state index contributed by atoms with van der Waals surface area (Å²) < 4.78 is 20.5. The minimum atomic E-state index is -0.941. The van der Waals surface area contributed by atoms with Crippen LogP contribution in [0.5, 0.6) is 0 Å². The lowest BCUT2D eigenvalue weighted by molar-refractivity contribution is -0.0327. The number of piperazine rings is 1. The van der Waals surface area contributed by atoms with E-state index in [1.807, 2.05) is 37.3 Å². The van der Waals surface area contributed by atoms with Gasteiger partial charge in [-0.3, -0.25) is 9.88 Å². The van der Waals surface area contributed by atoms with Crippen molar-refractivity contribution in [3.63, 3.8) is 0 Å². The number of hydrogen-bond acceptors (Lipinski definition) is 10. The molecule has 210 valence electrons. The fourth-order valence-corrected chi connectivity index (χ4v) is 6.05. The van der Waals surface area contributed by atoms with E-state index in [1.54, 1.807) is 6.20 Å². The first-order chi connectivity index (χ1) is 19.5. The highest BCUT2D eigenvalue weighted by atomic mass is 19.1. The average molecular weight is 546 g/mol. The summed E-state index contributed by atoms with van der Waals surface area (Å²) in [5, 5.41) is 16.8. The highest BCUT2D eigenvalue weighted by molar-refractivity contribution is 5.95. The summed E-state index contributed by atoms with van der Waals surface area (Å²) in [6.45, 7) is 11.0. The van der Waals surface area contributed by atoms with Crippen LogP contribution in [0.3, 0.4) is 0 Å². The van der Waals surface area contributed by atoms with Gasteiger partial charge in [-0.2, -0.15) is 10.2 Å². The number of aryl methyl sites for hydroxylation is 1. The molecule has 2 aromatic heterocycles. The second-order valence-corrected chi connectivity index (χ2v) is 11.0. The molecule has 3 aliphatic rings. The number of halogens is 1. The zero-order valence-corrected chi connectivity index (χ0v) is 23.1. The molecule has 0 aliphatic carbocycles. The highest BCUT2D eigenvalue weighted by Gasteiger charge is 2.30. The first kappa shape index (κ1) is 26.6. The Balaban J connectivity index is 1.09. The Labute approximate surface area is 234 Å². The number of hydrogen-bond donors (Lipinski definition) is 2. The molecule has 10 nitrogen and oxygen atoms in total. The summed E-state index contributed by atoms with van der Waals surface area (Å²) in [7, 11) is 0. The van der Waals surface area contributed by atoms with Gasteiger partial charge in [0.1, 0.15) is 18.1 Å². The van der Waals surface area contributed by atoms with Crippen molar-refractivity contribution in [2.75, 3.05) is 74.0 Å². The van der Waals surface area contributed by atoms with E-state index in [1.165, 1.54) is 0 Å². The lowest BCUT2D eigenvalue weighted by Crippen LogP contribution is -2.54. The second-order valence-electron chi connectivity index (χ2n) is 11.0. The summed E-state index contributed by atoms with van der Waals surface area (Å²) in [4.78, 5) is 20.8. The minimum absolute atomic E-state index is 0.0726. The monoisotopic (exact) mass is 545 g/mol. The zero-order chi connectivity index (χ0) is 27.6. The van der Waals surface area contributed by atoms with Crippen LogP contribution < -0.4 is 20.4 Å². The van der Waals surface area contributed by atoms with Crippen LogP contribution in [0.15, 0.2) is 36.5 Å². The Kier molecular flexibility index (Phi) is 7.65. The molecule has 0 spiro atoms. The van der Waals surface area contributed by atoms with Crippen LogP contribution in [0.2, 0.25) is 0 Å². The Morgan fingerprint density at radius 2 is 1.98 bits per heavy atom. The van der Waals surface area contributed by atoms with E-state index in [4.69, 9.17) is 9.72 Å². The van der Waals surface area contributed by atoms with Gasteiger partial charge in [0, 0.05) is 87.9 Å². The van der Waals surface area contributed by atoms with Gasteiger partial charge in [-0.15, -0.1) is 0 Å². The fraction of sp³-hybridized carbons (Fsp3) is 0.517. The zero-order valence-electron chi connectivity index (χ0n) is 23.1. The Morgan fingerprint density at radius 1 is 1.12 bits per heavy atom. The molecule has 11 heteroatoms. The maximum absolute atomic E-state index is 14.1. The van der Waals surface area contributed by atoms with Crippen LogP contribution in [-0.2, 0) is 4.74 Å². The summed E-state index contributed by atoms with van der Waals surface area (Å²) in [6, 6.07) is 11.8. The largest absolute Gasteiger partial charge is 0.370 e. The van der Waals surface area contributed by atoms with Crippen molar-refractivity contribution in [2.45, 2.75) is 38.3 Å². The predicted molar refractivity (Wildman–Crippen MR) is 154 cm³/mol. The molecule has 3 fully saturated rings. The van der Waals surface area contributed by atoms with Gasteiger partial charge in [-0.05, 0) is 38.1 Å². The van der Waals surface area contributed by atoms with Crippen molar-refractivity contribution in [1.82, 2.24) is 25.2 Å². The van der Waals surface area contributed by atoms with Crippen molar-refractivity contribution in [3.05, 3.63) is 47.8 Å². The van der Waals surface area contributed by atoms with Crippen LogP contribution in [-0.4, -0.2) is 103 Å². The number of anilines is 3. The molecule has 1 aromatic carbocycles. The van der Waals surface area contributed by atoms with E-state index in [-0.39, 0.29) is 18.2 Å². The first-order valence-electron chi connectivity index (χ1n) is 14.1. The van der Waals surface area contributed by atoms with Gasteiger partial charge in [-0.25, -0.2) is 9.37 Å². The molecule has 0 bridgehead atoms. The number of alkyl halides is 1. The Morgan fingerprint density at radius 3 is 2.75 bits per heavy atom. The van der Waals surface area contributed by atoms with Crippen molar-refractivity contribution in [2.24, 2.45) is 0 Å². The maximum atomic E-state index is 14.1. The van der Waals surface area contributed by atoms with E-state index in [0.29, 0.717) is 24.6 Å². The van der Waals surface area contributed by atoms with Gasteiger partial charge < -0.3 is 25.2 Å². The summed E-state index contributed by atoms with van der Waals surface area (Å²) >= 11 is 0. The third kappa shape index (κ3) is 5.66. The van der Waals surface area contributed by atoms with Crippen molar-refractivity contribution in [1.29, 1.82) is 5.26 Å². The number of nitrogens with one attached hydrogen (secondary N) is 2. The molecule has 0 radical (unpaired) electrons. The summed E-state index contributed by atoms with van der Waals surface area (Å²) in [5.41, 5.74) is 3.31. The van der Waals surface area contributed by atoms with Gasteiger partial charge in [0.15, 0.2) is 0 Å². The molecule has 3 saturated heterocycles. The Bertz CT molecular complexity index is 1390. The van der Waals surface area contributed by atoms with Crippen LogP contribution >= 0.6 is 0 Å². The number of aromatic nitrogens is 3. The molecule has 5 heterocycles. The van der Waals surface area contributed by atoms with Crippen LogP contribution in [0, 0.1) is 18.3 Å². The second kappa shape index (κ2) is 11.5. The van der Waals surface area contributed by atoms with E-state index < -0.39 is 6.17 Å². The van der Waals surface area contributed by atoms with Crippen LogP contribution in [0.25, 0.3) is 10.9 Å². The first-order valence-corrected chi connectivity index (χ1v) is 14.1. The SMILES string of the molecule is Cc1cc(N2CCN(C[C@H]3CN(c4ccc(C#N)c5ncccc45)C[C@@H](C)O3)CC2)nc(N[C@@H]2CNC[C@H]2F)n1. The number of benzene rings is 1. The number of rotatable bonds is 6. The third-order valence-electron chi connectivity index (χ3n) is 7.99. The topological polar surface area (TPSA) is 105 Å². The fourth-order valence-electron chi connectivity index (χ4n) is 6.05. The van der Waals surface area contributed by atoms with E-state index in [0.717, 1.165) is 73.9 Å². The van der Waals surface area contributed by atoms with E-state index in [9.17, 15) is 9.65 Å². The molecule has 6 rings (SSSR count). The molecule has 2 N–H and O–H groups in total. The molecule has 3 aliphatic heterocycles. The van der Waals surface area contributed by atoms with Crippen LogP contribution in [0.4, 0.5) is 21.8 Å². The lowest BCUT2D eigenvalue weighted by atomic mass is 10.1.